The first kappa shape index (κ1) is 24.1. The van der Waals surface area contributed by atoms with Crippen LogP contribution >= 0.6 is 0 Å². The van der Waals surface area contributed by atoms with Crippen LogP contribution in [0.5, 0.6) is 0 Å². The molecule has 3 aromatic rings. The molecule has 1 aromatic carbocycles. The number of nitrogen functional groups attached to an aromatic ring is 1. The molecule has 2 fully saturated rings. The number of nitrogens with two attached hydrogens (primary N) is 1. The molecule has 0 unspecified atom stereocenters. The molecule has 10 nitrogen and oxygen atoms in total. The van der Waals surface area contributed by atoms with Gasteiger partial charge in [0.2, 0.25) is 12.2 Å². The maximum atomic E-state index is 13.5. The molecule has 1 aliphatic carbocycles. The maximum Gasteiger partial charge on any atom is 0.408 e. The minimum Gasteiger partial charge on any atom is -0.438 e. The second-order valence-electron chi connectivity index (χ2n) is 9.43. The van der Waals surface area contributed by atoms with Crippen molar-refractivity contribution in [1.82, 2.24) is 25.3 Å². The van der Waals surface area contributed by atoms with Crippen molar-refractivity contribution in [2.45, 2.75) is 57.0 Å². The largest absolute Gasteiger partial charge is 0.438 e. The van der Waals surface area contributed by atoms with Crippen LogP contribution in [-0.2, 0) is 14.2 Å². The molecule has 4 N–H and O–H groups in total. The first-order chi connectivity index (χ1) is 17.4. The lowest BCUT2D eigenvalue weighted by atomic mass is 9.96. The predicted molar refractivity (Wildman–Crippen MR) is 129 cm³/mol. The number of carbonyl (C=O) groups is 1. The maximum absolute atomic E-state index is 13.5. The number of amides is 1. The zero-order valence-corrected chi connectivity index (χ0v) is 20.0. The first-order valence-corrected chi connectivity index (χ1v) is 12.1. The zero-order chi connectivity index (χ0) is 25.1. The number of rotatable bonds is 5. The fourth-order valence-corrected chi connectivity index (χ4v) is 4.50. The van der Waals surface area contributed by atoms with Crippen molar-refractivity contribution < 1.29 is 23.4 Å². The van der Waals surface area contributed by atoms with E-state index in [9.17, 15) is 9.18 Å². The number of nitrogens with one attached hydrogen (secondary N) is 2. The normalized spacial score (nSPS) is 22.8. The number of nitrogens with zero attached hydrogens (tertiary/aromatic N) is 3. The number of carbonyl (C=O) groups excluding carboxylic acids is 1. The van der Waals surface area contributed by atoms with E-state index in [0.29, 0.717) is 28.5 Å². The Hall–Kier alpha value is -3.57. The van der Waals surface area contributed by atoms with Crippen LogP contribution in [-0.4, -0.2) is 50.9 Å². The molecule has 0 spiro atoms. The van der Waals surface area contributed by atoms with Gasteiger partial charge in [0.05, 0.1) is 30.3 Å². The third-order valence-electron chi connectivity index (χ3n) is 6.34. The number of ether oxygens (including phenoxy) is 3. The molecule has 11 heteroatoms. The summed E-state index contributed by atoms with van der Waals surface area (Å²) >= 11 is 0. The Morgan fingerprint density at radius 1 is 1.14 bits per heavy atom. The molecule has 2 aromatic heterocycles. The summed E-state index contributed by atoms with van der Waals surface area (Å²) in [6.07, 6.45) is 5.63. The van der Waals surface area contributed by atoms with Gasteiger partial charge in [-0.1, -0.05) is 19.3 Å². The lowest BCUT2D eigenvalue weighted by Crippen LogP contribution is -2.49. The smallest absolute Gasteiger partial charge is 0.408 e. The molecule has 0 atom stereocenters. The second-order valence-corrected chi connectivity index (χ2v) is 9.43. The van der Waals surface area contributed by atoms with Gasteiger partial charge in [0.25, 0.3) is 0 Å². The van der Waals surface area contributed by atoms with Crippen molar-refractivity contribution in [2.75, 3.05) is 18.9 Å². The highest BCUT2D eigenvalue weighted by molar-refractivity contribution is 5.77. The van der Waals surface area contributed by atoms with Crippen LogP contribution in [0.4, 0.5) is 15.1 Å². The van der Waals surface area contributed by atoms with Gasteiger partial charge in [-0.3, -0.25) is 0 Å². The van der Waals surface area contributed by atoms with Crippen LogP contribution in [0.3, 0.4) is 0 Å². The summed E-state index contributed by atoms with van der Waals surface area (Å²) < 4.78 is 31.0. The topological polar surface area (TPSA) is 137 Å². The minimum absolute atomic E-state index is 0.110. The fourth-order valence-electron chi connectivity index (χ4n) is 4.50. The zero-order valence-electron chi connectivity index (χ0n) is 20.0. The predicted octanol–water partition coefficient (Wildman–Crippen LogP) is 4.12. The monoisotopic (exact) mass is 496 g/mol. The Balaban J connectivity index is 1.31. The molecule has 36 heavy (non-hydrogen) atoms. The van der Waals surface area contributed by atoms with Crippen molar-refractivity contribution in [3.8, 4) is 22.6 Å². The third kappa shape index (κ3) is 5.47. The quantitative estimate of drug-likeness (QED) is 0.480. The molecule has 1 saturated heterocycles. The Bertz CT molecular complexity index is 1200. The molecule has 2 aliphatic rings. The molecule has 1 aliphatic heterocycles. The van der Waals surface area contributed by atoms with E-state index >= 15 is 0 Å². The summed E-state index contributed by atoms with van der Waals surface area (Å²) in [7, 11) is 0. The molecule has 1 saturated carbocycles. The van der Waals surface area contributed by atoms with Crippen molar-refractivity contribution in [3.63, 3.8) is 0 Å². The summed E-state index contributed by atoms with van der Waals surface area (Å²) in [4.78, 5) is 28.5. The number of hydrogen-bond donors (Lipinski definition) is 3. The lowest BCUT2D eigenvalue weighted by molar-refractivity contribution is -0.253. The standard InChI is InChI=1S/C25H29FN6O4/c1-25(36-24(33)29-17-5-3-2-4-6-17)13-34-22(35-14-25)21-31-19(15-7-9-16(26)10-8-15)20(32-21)18-11-12-28-23(27)30-18/h7-12,17,22H,2-6,13-14H2,1H3,(H,29,33)(H,31,32)(H2,27,28,30). The Labute approximate surface area is 207 Å². The van der Waals surface area contributed by atoms with Gasteiger partial charge in [-0.05, 0) is 50.1 Å². The highest BCUT2D eigenvalue weighted by atomic mass is 19.1. The summed E-state index contributed by atoms with van der Waals surface area (Å²) in [6, 6.07) is 7.81. The third-order valence-corrected chi connectivity index (χ3v) is 6.34. The van der Waals surface area contributed by atoms with Gasteiger partial charge < -0.3 is 30.2 Å². The highest BCUT2D eigenvalue weighted by Gasteiger charge is 2.38. The Morgan fingerprint density at radius 2 is 1.86 bits per heavy atom. The number of anilines is 1. The van der Waals surface area contributed by atoms with Crippen LogP contribution < -0.4 is 11.1 Å². The number of aromatic amines is 1. The number of aromatic nitrogens is 4. The van der Waals surface area contributed by atoms with Crippen LogP contribution in [0.25, 0.3) is 22.6 Å². The summed E-state index contributed by atoms with van der Waals surface area (Å²) in [5.41, 5.74) is 7.13. The molecule has 0 bridgehead atoms. The summed E-state index contributed by atoms with van der Waals surface area (Å²) in [5.74, 6) is 0.154. The molecular weight excluding hydrogens is 467 g/mol. The van der Waals surface area contributed by atoms with Crippen LogP contribution in [0.15, 0.2) is 36.5 Å². The SMILES string of the molecule is CC1(OC(=O)NC2CCCCC2)COC(c2nc(-c3ccc(F)cc3)c(-c3ccnc(N)n3)[nH]2)OC1. The van der Waals surface area contributed by atoms with Gasteiger partial charge >= 0.3 is 6.09 Å². The van der Waals surface area contributed by atoms with E-state index in [1.54, 1.807) is 31.3 Å². The van der Waals surface area contributed by atoms with E-state index in [4.69, 9.17) is 19.9 Å². The van der Waals surface area contributed by atoms with Gasteiger partial charge in [-0.15, -0.1) is 0 Å². The molecule has 1 amide bonds. The Morgan fingerprint density at radius 3 is 2.56 bits per heavy atom. The van der Waals surface area contributed by atoms with Crippen molar-refractivity contribution >= 4 is 12.0 Å². The van der Waals surface area contributed by atoms with Gasteiger partial charge in [0.1, 0.15) is 5.82 Å². The van der Waals surface area contributed by atoms with Gasteiger partial charge in [0, 0.05) is 17.8 Å². The average Bonchev–Trinajstić information content (AvgIpc) is 3.31. The second kappa shape index (κ2) is 10.2. The lowest BCUT2D eigenvalue weighted by Gasteiger charge is -2.36. The molecule has 3 heterocycles. The number of imidazole rings is 1. The van der Waals surface area contributed by atoms with E-state index in [1.807, 2.05) is 0 Å². The molecule has 190 valence electrons. The number of alkyl carbamates (subject to hydrolysis) is 1. The molecule has 5 rings (SSSR count). The number of H-pyrrole nitrogens is 1. The first-order valence-electron chi connectivity index (χ1n) is 12.1. The number of hydrogen-bond acceptors (Lipinski definition) is 8. The minimum atomic E-state index is -0.939. The van der Waals surface area contributed by atoms with E-state index in [1.165, 1.54) is 18.6 Å². The van der Waals surface area contributed by atoms with E-state index in [2.05, 4.69) is 25.3 Å². The van der Waals surface area contributed by atoms with Gasteiger partial charge in [0.15, 0.2) is 11.4 Å². The molecular formula is C25H29FN6O4. The van der Waals surface area contributed by atoms with Crippen LogP contribution in [0, 0.1) is 5.82 Å². The van der Waals surface area contributed by atoms with Crippen LogP contribution in [0.1, 0.15) is 51.1 Å². The van der Waals surface area contributed by atoms with E-state index < -0.39 is 18.0 Å². The van der Waals surface area contributed by atoms with Crippen molar-refractivity contribution in [1.29, 1.82) is 0 Å². The van der Waals surface area contributed by atoms with Crippen molar-refractivity contribution in [2.24, 2.45) is 0 Å². The fraction of sp³-hybridized carbons (Fsp3) is 0.440. The van der Waals surface area contributed by atoms with Crippen molar-refractivity contribution in [3.05, 3.63) is 48.2 Å². The summed E-state index contributed by atoms with van der Waals surface area (Å²) in [5, 5.41) is 2.95. The number of halogens is 1. The number of benzene rings is 1. The van der Waals surface area contributed by atoms with Gasteiger partial charge in [-0.25, -0.2) is 24.1 Å². The molecule has 0 radical (unpaired) electrons. The summed E-state index contributed by atoms with van der Waals surface area (Å²) in [6.45, 7) is 2.01. The Kier molecular flexibility index (Phi) is 6.84. The highest BCUT2D eigenvalue weighted by Crippen LogP contribution is 2.34. The van der Waals surface area contributed by atoms with Crippen LogP contribution in [0.2, 0.25) is 0 Å². The van der Waals surface area contributed by atoms with E-state index in [0.717, 1.165) is 25.7 Å². The van der Waals surface area contributed by atoms with Gasteiger partial charge in [-0.2, -0.15) is 0 Å². The average molecular weight is 497 g/mol. The van der Waals surface area contributed by atoms with E-state index in [-0.39, 0.29) is 31.0 Å².